The van der Waals surface area contributed by atoms with Crippen molar-refractivity contribution in [3.63, 3.8) is 0 Å². The predicted molar refractivity (Wildman–Crippen MR) is 52.8 cm³/mol. The summed E-state index contributed by atoms with van der Waals surface area (Å²) in [6.45, 7) is 5.45. The number of likely N-dealkylation sites (N-methyl/N-ethyl adjacent to an activating group) is 1. The molecule has 2 rings (SSSR count). The van der Waals surface area contributed by atoms with Crippen molar-refractivity contribution < 1.29 is 5.11 Å². The summed E-state index contributed by atoms with van der Waals surface area (Å²) in [5, 5.41) is 9.30. The summed E-state index contributed by atoms with van der Waals surface area (Å²) in [4.78, 5) is 2.42. The molecular weight excluding hydrogens is 162 g/mol. The molecule has 1 N–H and O–H groups in total. The van der Waals surface area contributed by atoms with Crippen LogP contribution in [0.15, 0.2) is 18.2 Å². The summed E-state index contributed by atoms with van der Waals surface area (Å²) >= 11 is 0. The van der Waals surface area contributed by atoms with Crippen LogP contribution in [0.25, 0.3) is 0 Å². The van der Waals surface area contributed by atoms with Crippen molar-refractivity contribution in [3.8, 4) is 5.75 Å². The third kappa shape index (κ3) is 1.68. The van der Waals surface area contributed by atoms with Gasteiger partial charge in [0.1, 0.15) is 5.75 Å². The van der Waals surface area contributed by atoms with Crippen molar-refractivity contribution >= 4 is 0 Å². The molecule has 0 saturated carbocycles. The van der Waals surface area contributed by atoms with Gasteiger partial charge in [-0.1, -0.05) is 13.0 Å². The topological polar surface area (TPSA) is 23.5 Å². The van der Waals surface area contributed by atoms with Gasteiger partial charge in [-0.3, -0.25) is 4.90 Å². The summed E-state index contributed by atoms with van der Waals surface area (Å²) in [7, 11) is 0. The molecule has 70 valence electrons. The minimum Gasteiger partial charge on any atom is -0.508 e. The van der Waals surface area contributed by atoms with E-state index >= 15 is 0 Å². The highest BCUT2D eigenvalue weighted by Crippen LogP contribution is 2.22. The second kappa shape index (κ2) is 3.38. The number of rotatable bonds is 1. The molecule has 1 aromatic carbocycles. The molecule has 2 heteroatoms. The smallest absolute Gasteiger partial charge is 0.115 e. The Balaban J connectivity index is 2.26. The first kappa shape index (κ1) is 8.57. The molecule has 13 heavy (non-hydrogen) atoms. The monoisotopic (exact) mass is 177 g/mol. The molecule has 0 bridgehead atoms. The fraction of sp³-hybridized carbons (Fsp3) is 0.455. The van der Waals surface area contributed by atoms with E-state index in [1.807, 2.05) is 12.1 Å². The summed E-state index contributed by atoms with van der Waals surface area (Å²) in [5.41, 5.74) is 2.68. The number of hydrogen-bond acceptors (Lipinski definition) is 2. The third-order valence-electron chi connectivity index (χ3n) is 2.73. The Morgan fingerprint density at radius 3 is 3.00 bits per heavy atom. The van der Waals surface area contributed by atoms with Crippen LogP contribution < -0.4 is 0 Å². The van der Waals surface area contributed by atoms with Gasteiger partial charge in [0, 0.05) is 13.1 Å². The molecule has 0 unspecified atom stereocenters. The first-order valence-electron chi connectivity index (χ1n) is 4.82. The SMILES string of the molecule is CCN1CCc2cc(O)ccc2C1. The molecular formula is C11H15NO. The van der Waals surface area contributed by atoms with E-state index in [4.69, 9.17) is 0 Å². The van der Waals surface area contributed by atoms with E-state index in [2.05, 4.69) is 11.8 Å². The Hall–Kier alpha value is -1.02. The van der Waals surface area contributed by atoms with E-state index in [0.717, 1.165) is 26.1 Å². The Kier molecular flexibility index (Phi) is 2.23. The average Bonchev–Trinajstić information content (AvgIpc) is 2.17. The van der Waals surface area contributed by atoms with Crippen LogP contribution in [-0.4, -0.2) is 23.1 Å². The fourth-order valence-corrected chi connectivity index (χ4v) is 1.87. The minimum absolute atomic E-state index is 0.392. The summed E-state index contributed by atoms with van der Waals surface area (Å²) < 4.78 is 0. The normalized spacial score (nSPS) is 17.0. The van der Waals surface area contributed by atoms with E-state index in [0.29, 0.717) is 5.75 Å². The Morgan fingerprint density at radius 2 is 2.23 bits per heavy atom. The van der Waals surface area contributed by atoms with Gasteiger partial charge in [0.05, 0.1) is 0 Å². The molecule has 1 aromatic rings. The van der Waals surface area contributed by atoms with Gasteiger partial charge in [0.15, 0.2) is 0 Å². The number of aromatic hydroxyl groups is 1. The van der Waals surface area contributed by atoms with Crippen LogP contribution in [0.3, 0.4) is 0 Å². The lowest BCUT2D eigenvalue weighted by molar-refractivity contribution is 0.267. The molecule has 0 saturated heterocycles. The van der Waals surface area contributed by atoms with Crippen LogP contribution in [0.4, 0.5) is 0 Å². The molecule has 2 nitrogen and oxygen atoms in total. The highest BCUT2D eigenvalue weighted by atomic mass is 16.3. The van der Waals surface area contributed by atoms with Crippen molar-refractivity contribution in [3.05, 3.63) is 29.3 Å². The van der Waals surface area contributed by atoms with Crippen molar-refractivity contribution in [2.75, 3.05) is 13.1 Å². The third-order valence-corrected chi connectivity index (χ3v) is 2.73. The van der Waals surface area contributed by atoms with Gasteiger partial charge in [-0.25, -0.2) is 0 Å². The molecule has 0 atom stereocenters. The second-order valence-corrected chi connectivity index (χ2v) is 3.57. The number of nitrogens with zero attached hydrogens (tertiary/aromatic N) is 1. The lowest BCUT2D eigenvalue weighted by Crippen LogP contribution is -2.29. The largest absolute Gasteiger partial charge is 0.508 e. The molecule has 1 aliphatic rings. The number of fused-ring (bicyclic) bond motifs is 1. The van der Waals surface area contributed by atoms with Gasteiger partial charge >= 0.3 is 0 Å². The number of hydrogen-bond donors (Lipinski definition) is 1. The fourth-order valence-electron chi connectivity index (χ4n) is 1.87. The van der Waals surface area contributed by atoms with Crippen LogP contribution in [0, 0.1) is 0 Å². The maximum atomic E-state index is 9.30. The van der Waals surface area contributed by atoms with Crippen LogP contribution in [0.5, 0.6) is 5.75 Å². The molecule has 0 amide bonds. The Labute approximate surface area is 78.8 Å². The van der Waals surface area contributed by atoms with Gasteiger partial charge in [-0.15, -0.1) is 0 Å². The Morgan fingerprint density at radius 1 is 1.38 bits per heavy atom. The highest BCUT2D eigenvalue weighted by Gasteiger charge is 2.14. The zero-order chi connectivity index (χ0) is 9.26. The predicted octanol–water partition coefficient (Wildman–Crippen LogP) is 1.77. The lowest BCUT2D eigenvalue weighted by atomic mass is 9.99. The maximum Gasteiger partial charge on any atom is 0.115 e. The van der Waals surface area contributed by atoms with Crippen molar-refractivity contribution in [1.82, 2.24) is 4.90 Å². The zero-order valence-electron chi connectivity index (χ0n) is 7.95. The first-order chi connectivity index (χ1) is 6.29. The van der Waals surface area contributed by atoms with E-state index < -0.39 is 0 Å². The van der Waals surface area contributed by atoms with Crippen molar-refractivity contribution in [2.24, 2.45) is 0 Å². The van der Waals surface area contributed by atoms with Gasteiger partial charge in [-0.2, -0.15) is 0 Å². The van der Waals surface area contributed by atoms with Crippen LogP contribution >= 0.6 is 0 Å². The first-order valence-corrected chi connectivity index (χ1v) is 4.82. The molecule has 1 heterocycles. The highest BCUT2D eigenvalue weighted by molar-refractivity contribution is 5.36. The number of benzene rings is 1. The van der Waals surface area contributed by atoms with Crippen molar-refractivity contribution in [1.29, 1.82) is 0 Å². The van der Waals surface area contributed by atoms with Crippen LogP contribution in [0.1, 0.15) is 18.1 Å². The van der Waals surface area contributed by atoms with E-state index in [1.54, 1.807) is 6.07 Å². The molecule has 0 fully saturated rings. The summed E-state index contributed by atoms with van der Waals surface area (Å²) in [6.07, 6.45) is 1.07. The number of phenols is 1. The van der Waals surface area contributed by atoms with Gasteiger partial charge in [0.2, 0.25) is 0 Å². The quantitative estimate of drug-likeness (QED) is 0.706. The molecule has 0 aromatic heterocycles. The molecule has 0 spiro atoms. The van der Waals surface area contributed by atoms with Gasteiger partial charge in [-0.05, 0) is 36.2 Å². The van der Waals surface area contributed by atoms with Crippen molar-refractivity contribution in [2.45, 2.75) is 19.9 Å². The molecule has 0 radical (unpaired) electrons. The van der Waals surface area contributed by atoms with Gasteiger partial charge in [0.25, 0.3) is 0 Å². The number of phenolic OH excluding ortho intramolecular Hbond substituents is 1. The second-order valence-electron chi connectivity index (χ2n) is 3.57. The Bertz CT molecular complexity index is 309. The van der Waals surface area contributed by atoms with Crippen LogP contribution in [0.2, 0.25) is 0 Å². The van der Waals surface area contributed by atoms with E-state index in [9.17, 15) is 5.11 Å². The van der Waals surface area contributed by atoms with E-state index in [1.165, 1.54) is 11.1 Å². The minimum atomic E-state index is 0.392. The summed E-state index contributed by atoms with van der Waals surface area (Å²) in [5.74, 6) is 0.392. The lowest BCUT2D eigenvalue weighted by Gasteiger charge is -2.27. The van der Waals surface area contributed by atoms with Gasteiger partial charge < -0.3 is 5.11 Å². The zero-order valence-corrected chi connectivity index (χ0v) is 7.95. The van der Waals surface area contributed by atoms with Crippen LogP contribution in [-0.2, 0) is 13.0 Å². The molecule has 0 aliphatic carbocycles. The maximum absolute atomic E-state index is 9.30. The standard InChI is InChI=1S/C11H15NO/c1-2-12-6-5-9-7-11(13)4-3-10(9)8-12/h3-4,7,13H,2,5-6,8H2,1H3. The molecule has 1 aliphatic heterocycles. The summed E-state index contributed by atoms with van der Waals surface area (Å²) in [6, 6.07) is 5.70. The van der Waals surface area contributed by atoms with E-state index in [-0.39, 0.29) is 0 Å². The average molecular weight is 177 g/mol.